The SMILES string of the molecule is CC(C)(O)CN1CCN(c2c(N)cc(N)c(Cl)c2F)CC1. The van der Waals surface area contributed by atoms with Crippen LogP contribution in [0, 0.1) is 5.82 Å². The zero-order valence-electron chi connectivity index (χ0n) is 12.4. The highest BCUT2D eigenvalue weighted by atomic mass is 35.5. The minimum absolute atomic E-state index is 0.0851. The molecule has 1 heterocycles. The minimum atomic E-state index is -0.739. The van der Waals surface area contributed by atoms with Crippen LogP contribution < -0.4 is 16.4 Å². The van der Waals surface area contributed by atoms with E-state index in [1.165, 1.54) is 6.07 Å². The minimum Gasteiger partial charge on any atom is -0.397 e. The van der Waals surface area contributed by atoms with E-state index in [0.29, 0.717) is 31.0 Å². The first-order valence-corrected chi connectivity index (χ1v) is 7.29. The van der Waals surface area contributed by atoms with E-state index in [4.69, 9.17) is 23.1 Å². The van der Waals surface area contributed by atoms with E-state index in [1.54, 1.807) is 13.8 Å². The predicted molar refractivity (Wildman–Crippen MR) is 85.2 cm³/mol. The Labute approximate surface area is 129 Å². The standard InChI is InChI=1S/C14H22ClFN4O/c1-14(2,21)8-19-3-5-20(6-4-19)13-10(18)7-9(17)11(15)12(13)16/h7,21H,3-6,8,17-18H2,1-2H3. The zero-order valence-corrected chi connectivity index (χ0v) is 13.1. The molecule has 0 aromatic heterocycles. The van der Waals surface area contributed by atoms with Gasteiger partial charge in [-0.1, -0.05) is 11.6 Å². The first-order valence-electron chi connectivity index (χ1n) is 6.91. The highest BCUT2D eigenvalue weighted by molar-refractivity contribution is 6.33. The largest absolute Gasteiger partial charge is 0.397 e. The Morgan fingerprint density at radius 2 is 1.81 bits per heavy atom. The predicted octanol–water partition coefficient (Wildman–Crippen LogP) is 1.54. The van der Waals surface area contributed by atoms with E-state index in [0.717, 1.165) is 13.1 Å². The number of nitrogens with zero attached hydrogens (tertiary/aromatic N) is 2. The van der Waals surface area contributed by atoms with Gasteiger partial charge in [-0.15, -0.1) is 0 Å². The van der Waals surface area contributed by atoms with Gasteiger partial charge in [-0.2, -0.15) is 0 Å². The van der Waals surface area contributed by atoms with Gasteiger partial charge < -0.3 is 21.5 Å². The lowest BCUT2D eigenvalue weighted by molar-refractivity contribution is 0.0345. The number of nitrogen functional groups attached to an aromatic ring is 2. The van der Waals surface area contributed by atoms with Gasteiger partial charge in [0.1, 0.15) is 5.02 Å². The highest BCUT2D eigenvalue weighted by Gasteiger charge is 2.26. The van der Waals surface area contributed by atoms with E-state index in [2.05, 4.69) is 4.90 Å². The number of hydrogen-bond donors (Lipinski definition) is 3. The van der Waals surface area contributed by atoms with Crippen molar-refractivity contribution in [3.8, 4) is 0 Å². The molecule has 7 heteroatoms. The second kappa shape index (κ2) is 5.87. The monoisotopic (exact) mass is 316 g/mol. The van der Waals surface area contributed by atoms with Gasteiger partial charge in [0.2, 0.25) is 0 Å². The summed E-state index contributed by atoms with van der Waals surface area (Å²) in [6.45, 7) is 6.83. The molecule has 1 saturated heterocycles. The van der Waals surface area contributed by atoms with Crippen molar-refractivity contribution in [2.24, 2.45) is 0 Å². The quantitative estimate of drug-likeness (QED) is 0.737. The van der Waals surface area contributed by atoms with E-state index in [-0.39, 0.29) is 10.7 Å². The van der Waals surface area contributed by atoms with Gasteiger partial charge in [0.05, 0.1) is 22.7 Å². The van der Waals surface area contributed by atoms with Gasteiger partial charge in [-0.3, -0.25) is 4.90 Å². The Hall–Kier alpha value is -1.24. The van der Waals surface area contributed by atoms with Gasteiger partial charge in [0.15, 0.2) is 5.82 Å². The topological polar surface area (TPSA) is 78.8 Å². The molecule has 5 nitrogen and oxygen atoms in total. The molecule has 118 valence electrons. The fourth-order valence-corrected chi connectivity index (χ4v) is 2.80. The lowest BCUT2D eigenvalue weighted by atomic mass is 10.1. The summed E-state index contributed by atoms with van der Waals surface area (Å²) in [5, 5.41) is 9.76. The van der Waals surface area contributed by atoms with E-state index < -0.39 is 11.4 Å². The third-order valence-corrected chi connectivity index (χ3v) is 3.92. The lowest BCUT2D eigenvalue weighted by Gasteiger charge is -2.38. The van der Waals surface area contributed by atoms with Gasteiger partial charge >= 0.3 is 0 Å². The summed E-state index contributed by atoms with van der Waals surface area (Å²) in [7, 11) is 0. The van der Waals surface area contributed by atoms with Crippen LogP contribution in [-0.2, 0) is 0 Å². The molecule has 21 heavy (non-hydrogen) atoms. The molecule has 5 N–H and O–H groups in total. The van der Waals surface area contributed by atoms with Gasteiger partial charge in [-0.05, 0) is 19.9 Å². The number of benzene rings is 1. The van der Waals surface area contributed by atoms with Gasteiger partial charge in [0, 0.05) is 32.7 Å². The second-order valence-corrected chi connectivity index (χ2v) is 6.49. The molecular formula is C14H22ClFN4O. The molecule has 0 amide bonds. The van der Waals surface area contributed by atoms with Crippen molar-refractivity contribution in [3.63, 3.8) is 0 Å². The van der Waals surface area contributed by atoms with Crippen LogP contribution in [0.5, 0.6) is 0 Å². The van der Waals surface area contributed by atoms with Crippen LogP contribution in [0.15, 0.2) is 6.07 Å². The molecule has 0 aliphatic carbocycles. The first-order chi connectivity index (χ1) is 9.69. The Bertz CT molecular complexity index is 525. The van der Waals surface area contributed by atoms with Crippen molar-refractivity contribution < 1.29 is 9.50 Å². The molecule has 1 aromatic rings. The van der Waals surface area contributed by atoms with Crippen LogP contribution in [0.3, 0.4) is 0 Å². The van der Waals surface area contributed by atoms with Crippen LogP contribution in [0.1, 0.15) is 13.8 Å². The number of halogens is 2. The third kappa shape index (κ3) is 3.70. The maximum absolute atomic E-state index is 14.3. The zero-order chi connectivity index (χ0) is 15.8. The van der Waals surface area contributed by atoms with Crippen LogP contribution in [0.4, 0.5) is 21.5 Å². The van der Waals surface area contributed by atoms with Crippen LogP contribution in [0.2, 0.25) is 5.02 Å². The molecule has 0 bridgehead atoms. The highest BCUT2D eigenvalue weighted by Crippen LogP contribution is 2.36. The summed E-state index contributed by atoms with van der Waals surface area (Å²) in [6.07, 6.45) is 0. The van der Waals surface area contributed by atoms with Crippen LogP contribution in [-0.4, -0.2) is 48.3 Å². The summed E-state index contributed by atoms with van der Waals surface area (Å²) in [6, 6.07) is 1.49. The molecule has 1 aliphatic heterocycles. The Kier molecular flexibility index (Phi) is 4.51. The smallest absolute Gasteiger partial charge is 0.169 e. The maximum atomic E-state index is 14.3. The molecular weight excluding hydrogens is 295 g/mol. The fraction of sp³-hybridized carbons (Fsp3) is 0.571. The average Bonchev–Trinajstić information content (AvgIpc) is 2.36. The molecule has 0 saturated carbocycles. The summed E-state index contributed by atoms with van der Waals surface area (Å²) >= 11 is 5.86. The Morgan fingerprint density at radius 1 is 1.24 bits per heavy atom. The molecule has 0 atom stereocenters. The second-order valence-electron chi connectivity index (χ2n) is 6.11. The van der Waals surface area contributed by atoms with E-state index in [9.17, 15) is 9.50 Å². The molecule has 1 aromatic carbocycles. The summed E-state index contributed by atoms with van der Waals surface area (Å²) in [4.78, 5) is 4.01. The third-order valence-electron chi connectivity index (χ3n) is 3.54. The number of rotatable bonds is 3. The van der Waals surface area contributed by atoms with Gasteiger partial charge in [0.25, 0.3) is 0 Å². The molecule has 2 rings (SSSR count). The number of anilines is 3. The van der Waals surface area contributed by atoms with E-state index >= 15 is 0 Å². The van der Waals surface area contributed by atoms with Crippen molar-refractivity contribution in [3.05, 3.63) is 16.9 Å². The molecule has 0 spiro atoms. The van der Waals surface area contributed by atoms with Crippen LogP contribution >= 0.6 is 11.6 Å². The van der Waals surface area contributed by atoms with Crippen molar-refractivity contribution in [1.29, 1.82) is 0 Å². The number of β-amino-alcohol motifs (C(OH)–C–C–N with tert-alkyl or cyclic N) is 1. The number of hydrogen-bond acceptors (Lipinski definition) is 5. The number of piperazine rings is 1. The van der Waals surface area contributed by atoms with E-state index in [1.807, 2.05) is 4.90 Å². The van der Waals surface area contributed by atoms with Gasteiger partial charge in [-0.25, -0.2) is 4.39 Å². The Morgan fingerprint density at radius 3 is 2.33 bits per heavy atom. The summed E-state index contributed by atoms with van der Waals surface area (Å²) in [5.41, 5.74) is 11.5. The summed E-state index contributed by atoms with van der Waals surface area (Å²) in [5.74, 6) is -0.565. The first kappa shape index (κ1) is 16.1. The van der Waals surface area contributed by atoms with Crippen molar-refractivity contribution >= 4 is 28.7 Å². The van der Waals surface area contributed by atoms with Crippen molar-refractivity contribution in [1.82, 2.24) is 4.90 Å². The van der Waals surface area contributed by atoms with Crippen LogP contribution in [0.25, 0.3) is 0 Å². The fourth-order valence-electron chi connectivity index (χ4n) is 2.65. The molecule has 0 radical (unpaired) electrons. The lowest BCUT2D eigenvalue weighted by Crippen LogP contribution is -2.50. The summed E-state index contributed by atoms with van der Waals surface area (Å²) < 4.78 is 14.3. The number of aliphatic hydroxyl groups is 1. The average molecular weight is 317 g/mol. The van der Waals surface area contributed by atoms with Crippen molar-refractivity contribution in [2.45, 2.75) is 19.4 Å². The Balaban J connectivity index is 2.11. The normalized spacial score (nSPS) is 17.3. The molecule has 1 aliphatic rings. The molecule has 1 fully saturated rings. The molecule has 0 unspecified atom stereocenters. The van der Waals surface area contributed by atoms with Crippen molar-refractivity contribution in [2.75, 3.05) is 49.1 Å². The number of nitrogens with two attached hydrogens (primary N) is 2. The maximum Gasteiger partial charge on any atom is 0.169 e.